The molecule has 1 aliphatic heterocycles. The maximum Gasteiger partial charge on any atom is 0.330 e. The van der Waals surface area contributed by atoms with Gasteiger partial charge in [0.05, 0.1) is 11.5 Å². The van der Waals surface area contributed by atoms with Crippen LogP contribution in [0, 0.1) is 0 Å². The first-order valence-corrected chi connectivity index (χ1v) is 8.31. The second-order valence-electron chi connectivity index (χ2n) is 5.22. The molecule has 0 aromatic carbocycles. The summed E-state index contributed by atoms with van der Waals surface area (Å²) in [4.78, 5) is 23.5. The molecule has 0 unspecified atom stereocenters. The number of hydrogen-bond donors (Lipinski definition) is 1. The van der Waals surface area contributed by atoms with Crippen LogP contribution in [0.25, 0.3) is 0 Å². The van der Waals surface area contributed by atoms with Crippen LogP contribution >= 0.6 is 0 Å². The van der Waals surface area contributed by atoms with Gasteiger partial charge < -0.3 is 9.88 Å². The molecule has 1 fully saturated rings. The lowest BCUT2D eigenvalue weighted by atomic mass is 10.1. The van der Waals surface area contributed by atoms with Crippen LogP contribution in [0.3, 0.4) is 0 Å². The van der Waals surface area contributed by atoms with E-state index in [4.69, 9.17) is 0 Å². The van der Waals surface area contributed by atoms with Crippen molar-refractivity contribution in [1.82, 2.24) is 14.5 Å². The number of nitrogens with zero attached hydrogens (tertiary/aromatic N) is 2. The van der Waals surface area contributed by atoms with Gasteiger partial charge in [-0.05, 0) is 12.8 Å². The SMILES string of the molecule is Cn1cc(CNC2CCS(=O)(=O)CC2)c(=O)n(C)c1=O. The van der Waals surface area contributed by atoms with E-state index in [0.717, 1.165) is 4.57 Å². The lowest BCUT2D eigenvalue weighted by Gasteiger charge is -2.23. The molecule has 112 valence electrons. The number of nitrogens with one attached hydrogen (secondary N) is 1. The number of sulfone groups is 1. The van der Waals surface area contributed by atoms with Crippen LogP contribution in [-0.2, 0) is 30.5 Å². The van der Waals surface area contributed by atoms with Gasteiger partial charge in [-0.25, -0.2) is 13.2 Å². The third-order valence-corrected chi connectivity index (χ3v) is 5.37. The van der Waals surface area contributed by atoms with Gasteiger partial charge in [0.25, 0.3) is 5.56 Å². The summed E-state index contributed by atoms with van der Waals surface area (Å²) >= 11 is 0. The molecule has 0 atom stereocenters. The standard InChI is InChI=1S/C12H19N3O4S/c1-14-8-9(11(16)15(2)12(14)17)7-13-10-3-5-20(18,19)6-4-10/h8,10,13H,3-7H2,1-2H3. The van der Waals surface area contributed by atoms with E-state index in [0.29, 0.717) is 24.9 Å². The van der Waals surface area contributed by atoms with Crippen LogP contribution in [0.5, 0.6) is 0 Å². The molecule has 20 heavy (non-hydrogen) atoms. The van der Waals surface area contributed by atoms with Gasteiger partial charge >= 0.3 is 5.69 Å². The van der Waals surface area contributed by atoms with Crippen molar-refractivity contribution in [3.63, 3.8) is 0 Å². The third kappa shape index (κ3) is 3.18. The molecule has 0 bridgehead atoms. The molecule has 1 aromatic rings. The second kappa shape index (κ2) is 5.53. The molecular formula is C12H19N3O4S. The molecule has 1 N–H and O–H groups in total. The van der Waals surface area contributed by atoms with Gasteiger partial charge in [0.15, 0.2) is 0 Å². The molecule has 0 amide bonds. The van der Waals surface area contributed by atoms with Crippen molar-refractivity contribution < 1.29 is 8.42 Å². The first kappa shape index (κ1) is 15.0. The fraction of sp³-hybridized carbons (Fsp3) is 0.667. The fourth-order valence-corrected chi connectivity index (χ4v) is 3.84. The van der Waals surface area contributed by atoms with Gasteiger partial charge in [-0.3, -0.25) is 9.36 Å². The summed E-state index contributed by atoms with van der Waals surface area (Å²) in [6.45, 7) is 0.339. The molecule has 0 radical (unpaired) electrons. The molecule has 8 heteroatoms. The normalized spacial score (nSPS) is 19.1. The summed E-state index contributed by atoms with van der Waals surface area (Å²) < 4.78 is 25.1. The van der Waals surface area contributed by atoms with Gasteiger partial charge in [0, 0.05) is 38.4 Å². The predicted molar refractivity (Wildman–Crippen MR) is 75.4 cm³/mol. The van der Waals surface area contributed by atoms with Crippen LogP contribution in [0.4, 0.5) is 0 Å². The zero-order valence-electron chi connectivity index (χ0n) is 11.6. The van der Waals surface area contributed by atoms with Crippen molar-refractivity contribution in [1.29, 1.82) is 0 Å². The van der Waals surface area contributed by atoms with E-state index < -0.39 is 9.84 Å². The Kier molecular flexibility index (Phi) is 4.14. The highest BCUT2D eigenvalue weighted by Crippen LogP contribution is 2.12. The third-order valence-electron chi connectivity index (χ3n) is 3.65. The summed E-state index contributed by atoms with van der Waals surface area (Å²) in [7, 11) is 0.164. The number of aryl methyl sites for hydroxylation is 1. The maximum absolute atomic E-state index is 11.9. The first-order valence-electron chi connectivity index (χ1n) is 6.49. The minimum Gasteiger partial charge on any atom is -0.310 e. The molecule has 1 aliphatic rings. The summed E-state index contributed by atoms with van der Waals surface area (Å²) in [5.74, 6) is 0.381. The number of aromatic nitrogens is 2. The van der Waals surface area contributed by atoms with E-state index in [1.807, 2.05) is 0 Å². The van der Waals surface area contributed by atoms with E-state index in [1.165, 1.54) is 17.8 Å². The Hall–Kier alpha value is -1.41. The Labute approximate surface area is 117 Å². The number of rotatable bonds is 3. The lowest BCUT2D eigenvalue weighted by molar-refractivity contribution is 0.459. The molecular weight excluding hydrogens is 282 g/mol. The molecule has 0 aliphatic carbocycles. The highest BCUT2D eigenvalue weighted by Gasteiger charge is 2.23. The van der Waals surface area contributed by atoms with Gasteiger partial charge in [-0.2, -0.15) is 0 Å². The molecule has 2 heterocycles. The minimum atomic E-state index is -2.88. The van der Waals surface area contributed by atoms with Crippen molar-refractivity contribution in [2.75, 3.05) is 11.5 Å². The van der Waals surface area contributed by atoms with Gasteiger partial charge in [-0.15, -0.1) is 0 Å². The second-order valence-corrected chi connectivity index (χ2v) is 7.52. The van der Waals surface area contributed by atoms with E-state index in [9.17, 15) is 18.0 Å². The van der Waals surface area contributed by atoms with Crippen LogP contribution in [0.15, 0.2) is 15.8 Å². The monoisotopic (exact) mass is 301 g/mol. The highest BCUT2D eigenvalue weighted by atomic mass is 32.2. The largest absolute Gasteiger partial charge is 0.330 e. The van der Waals surface area contributed by atoms with E-state index in [-0.39, 0.29) is 28.8 Å². The van der Waals surface area contributed by atoms with E-state index in [1.54, 1.807) is 7.05 Å². The molecule has 1 aromatic heterocycles. The highest BCUT2D eigenvalue weighted by molar-refractivity contribution is 7.91. The summed E-state index contributed by atoms with van der Waals surface area (Å²) in [6.07, 6.45) is 2.65. The molecule has 0 saturated carbocycles. The van der Waals surface area contributed by atoms with E-state index in [2.05, 4.69) is 5.32 Å². The number of hydrogen-bond acceptors (Lipinski definition) is 5. The summed E-state index contributed by atoms with van der Waals surface area (Å²) in [5, 5.41) is 3.20. The predicted octanol–water partition coefficient (Wildman–Crippen LogP) is -1.25. The Bertz CT molecular complexity index is 703. The maximum atomic E-state index is 11.9. The zero-order valence-corrected chi connectivity index (χ0v) is 12.4. The minimum absolute atomic E-state index is 0.0977. The van der Waals surface area contributed by atoms with Crippen LogP contribution in [0.2, 0.25) is 0 Å². The van der Waals surface area contributed by atoms with Crippen molar-refractivity contribution in [3.8, 4) is 0 Å². The first-order chi connectivity index (χ1) is 9.30. The Morgan fingerprint density at radius 1 is 1.25 bits per heavy atom. The van der Waals surface area contributed by atoms with Crippen LogP contribution < -0.4 is 16.6 Å². The summed E-state index contributed by atoms with van der Waals surface area (Å²) in [5.41, 5.74) is -0.172. The van der Waals surface area contributed by atoms with Gasteiger partial charge in [0.2, 0.25) is 0 Å². The van der Waals surface area contributed by atoms with Gasteiger partial charge in [0.1, 0.15) is 9.84 Å². The van der Waals surface area contributed by atoms with E-state index >= 15 is 0 Å². The van der Waals surface area contributed by atoms with Gasteiger partial charge in [-0.1, -0.05) is 0 Å². The fourth-order valence-electron chi connectivity index (χ4n) is 2.35. The lowest BCUT2D eigenvalue weighted by Crippen LogP contribution is -2.42. The van der Waals surface area contributed by atoms with Crippen LogP contribution in [0.1, 0.15) is 18.4 Å². The Morgan fingerprint density at radius 2 is 1.85 bits per heavy atom. The molecule has 0 spiro atoms. The van der Waals surface area contributed by atoms with Crippen LogP contribution in [-0.4, -0.2) is 35.1 Å². The molecule has 2 rings (SSSR count). The smallest absolute Gasteiger partial charge is 0.310 e. The average Bonchev–Trinajstić information content (AvgIpc) is 2.40. The van der Waals surface area contributed by atoms with Crippen molar-refractivity contribution >= 4 is 9.84 Å². The summed E-state index contributed by atoms with van der Waals surface area (Å²) in [6, 6.07) is 0.0977. The van der Waals surface area contributed by atoms with Crippen molar-refractivity contribution in [2.45, 2.75) is 25.4 Å². The Morgan fingerprint density at radius 3 is 2.45 bits per heavy atom. The molecule has 1 saturated heterocycles. The Balaban J connectivity index is 2.06. The zero-order chi connectivity index (χ0) is 14.9. The van der Waals surface area contributed by atoms with Crippen molar-refractivity contribution in [2.24, 2.45) is 14.1 Å². The van der Waals surface area contributed by atoms with Crippen molar-refractivity contribution in [3.05, 3.63) is 32.6 Å². The quantitative estimate of drug-likeness (QED) is 0.753. The average molecular weight is 301 g/mol. The molecule has 7 nitrogen and oxygen atoms in total. The topological polar surface area (TPSA) is 90.2 Å².